The molecule has 1 aliphatic rings. The molecule has 1 aromatic carbocycles. The fourth-order valence-electron chi connectivity index (χ4n) is 1.72. The van der Waals surface area contributed by atoms with Gasteiger partial charge in [0.05, 0.1) is 18.2 Å². The summed E-state index contributed by atoms with van der Waals surface area (Å²) in [5.74, 6) is 0. The number of hydrogen-bond donors (Lipinski definition) is 1. The van der Waals surface area contributed by atoms with Gasteiger partial charge >= 0.3 is 6.18 Å². The molecule has 88 valence electrons. The third-order valence-corrected chi connectivity index (χ3v) is 2.52. The molecule has 0 spiro atoms. The second-order valence-corrected chi connectivity index (χ2v) is 3.75. The van der Waals surface area contributed by atoms with Crippen LogP contribution in [0.4, 0.5) is 18.9 Å². The molecule has 0 saturated carbocycles. The maximum absolute atomic E-state index is 12.7. The van der Waals surface area contributed by atoms with Crippen LogP contribution in [-0.4, -0.2) is 19.3 Å². The molecule has 1 aromatic rings. The highest BCUT2D eigenvalue weighted by molar-refractivity contribution is 5.53. The number of benzene rings is 1. The topological polar surface area (TPSA) is 21.3 Å². The van der Waals surface area contributed by atoms with Crippen molar-refractivity contribution in [3.63, 3.8) is 0 Å². The predicted molar refractivity (Wildman–Crippen MR) is 54.3 cm³/mol. The normalized spacial score (nSPS) is 21.1. The molecule has 0 amide bonds. The van der Waals surface area contributed by atoms with E-state index in [1.807, 2.05) is 0 Å². The van der Waals surface area contributed by atoms with Gasteiger partial charge in [0.1, 0.15) is 0 Å². The van der Waals surface area contributed by atoms with E-state index in [4.69, 9.17) is 4.74 Å². The minimum atomic E-state index is -4.32. The van der Waals surface area contributed by atoms with Crippen LogP contribution >= 0.6 is 0 Å². The predicted octanol–water partition coefficient (Wildman–Crippen LogP) is 2.91. The molecule has 0 bridgehead atoms. The molecule has 2 nitrogen and oxygen atoms in total. The first-order valence-electron chi connectivity index (χ1n) is 5.08. The third kappa shape index (κ3) is 2.47. The largest absolute Gasteiger partial charge is 0.418 e. The Morgan fingerprint density at radius 3 is 2.62 bits per heavy atom. The lowest BCUT2D eigenvalue weighted by atomic mass is 10.1. The van der Waals surface area contributed by atoms with Crippen LogP contribution in [-0.2, 0) is 10.9 Å². The Bertz CT molecular complexity index is 358. The third-order valence-electron chi connectivity index (χ3n) is 2.52. The van der Waals surface area contributed by atoms with Crippen LogP contribution in [0, 0.1) is 0 Å². The van der Waals surface area contributed by atoms with Gasteiger partial charge in [-0.2, -0.15) is 13.2 Å². The Morgan fingerprint density at radius 2 is 2.00 bits per heavy atom. The summed E-state index contributed by atoms with van der Waals surface area (Å²) < 4.78 is 43.1. The maximum Gasteiger partial charge on any atom is 0.418 e. The van der Waals surface area contributed by atoms with Crippen molar-refractivity contribution in [2.45, 2.75) is 18.6 Å². The van der Waals surface area contributed by atoms with Crippen molar-refractivity contribution in [2.24, 2.45) is 0 Å². The molecule has 1 saturated heterocycles. The lowest BCUT2D eigenvalue weighted by Gasteiger charge is -2.17. The number of alkyl halides is 3. The molecule has 2 rings (SSSR count). The highest BCUT2D eigenvalue weighted by Crippen LogP contribution is 2.35. The van der Waals surface area contributed by atoms with Crippen molar-refractivity contribution in [2.75, 3.05) is 18.5 Å². The fraction of sp³-hybridized carbons (Fsp3) is 0.455. The zero-order chi connectivity index (χ0) is 11.6. The number of ether oxygens (including phenoxy) is 1. The average Bonchev–Trinajstić information content (AvgIpc) is 2.70. The quantitative estimate of drug-likeness (QED) is 0.845. The maximum atomic E-state index is 12.7. The molecule has 16 heavy (non-hydrogen) atoms. The highest BCUT2D eigenvalue weighted by atomic mass is 19.4. The van der Waals surface area contributed by atoms with Gasteiger partial charge in [-0.15, -0.1) is 0 Å². The lowest BCUT2D eigenvalue weighted by molar-refractivity contribution is -0.137. The van der Waals surface area contributed by atoms with Crippen LogP contribution < -0.4 is 5.32 Å². The summed E-state index contributed by atoms with van der Waals surface area (Å²) in [5.41, 5.74) is -0.493. The summed E-state index contributed by atoms with van der Waals surface area (Å²) in [4.78, 5) is 0. The van der Waals surface area contributed by atoms with Gasteiger partial charge in [0.25, 0.3) is 0 Å². The van der Waals surface area contributed by atoms with Crippen molar-refractivity contribution in [3.8, 4) is 0 Å². The second kappa shape index (κ2) is 4.33. The van der Waals surface area contributed by atoms with Crippen LogP contribution in [0.1, 0.15) is 12.0 Å². The minimum absolute atomic E-state index is 0.0245. The Kier molecular flexibility index (Phi) is 3.05. The summed E-state index contributed by atoms with van der Waals surface area (Å²) in [6.07, 6.45) is -3.57. The molecule has 0 aliphatic carbocycles. The van der Waals surface area contributed by atoms with Gasteiger partial charge in [-0.25, -0.2) is 0 Å². The molecule has 1 N–H and O–H groups in total. The van der Waals surface area contributed by atoms with E-state index in [0.29, 0.717) is 13.2 Å². The van der Waals surface area contributed by atoms with Crippen molar-refractivity contribution in [1.82, 2.24) is 0 Å². The van der Waals surface area contributed by atoms with E-state index in [0.717, 1.165) is 12.5 Å². The zero-order valence-electron chi connectivity index (χ0n) is 8.55. The summed E-state index contributed by atoms with van der Waals surface area (Å²) in [6, 6.07) is 5.48. The minimum Gasteiger partial charge on any atom is -0.379 e. The number of anilines is 1. The molecule has 1 fully saturated rings. The first kappa shape index (κ1) is 11.3. The summed E-state index contributed by atoms with van der Waals surface area (Å²) in [5, 5.41) is 2.87. The van der Waals surface area contributed by atoms with Gasteiger partial charge in [-0.3, -0.25) is 0 Å². The van der Waals surface area contributed by atoms with Crippen LogP contribution in [0.25, 0.3) is 0 Å². The van der Waals surface area contributed by atoms with Crippen molar-refractivity contribution >= 4 is 5.69 Å². The number of halogens is 3. The number of nitrogens with one attached hydrogen (secondary N) is 1. The average molecular weight is 231 g/mol. The van der Waals surface area contributed by atoms with E-state index in [9.17, 15) is 13.2 Å². The second-order valence-electron chi connectivity index (χ2n) is 3.75. The van der Waals surface area contributed by atoms with Crippen molar-refractivity contribution < 1.29 is 17.9 Å². The molecule has 1 unspecified atom stereocenters. The standard InChI is InChI=1S/C11H12F3NO/c12-11(13,14)9-3-1-2-4-10(9)15-8-5-6-16-7-8/h1-4,8,15H,5-7H2. The van der Waals surface area contributed by atoms with Gasteiger partial charge in [0.15, 0.2) is 0 Å². The molecule has 1 heterocycles. The molecule has 1 atom stereocenters. The molecular formula is C11H12F3NO. The van der Waals surface area contributed by atoms with E-state index in [1.165, 1.54) is 12.1 Å². The van der Waals surface area contributed by atoms with Gasteiger partial charge in [-0.05, 0) is 18.6 Å². The lowest BCUT2D eigenvalue weighted by Crippen LogP contribution is -2.21. The van der Waals surface area contributed by atoms with Gasteiger partial charge in [0, 0.05) is 12.3 Å². The van der Waals surface area contributed by atoms with Crippen LogP contribution in [0.3, 0.4) is 0 Å². The monoisotopic (exact) mass is 231 g/mol. The van der Waals surface area contributed by atoms with E-state index in [-0.39, 0.29) is 11.7 Å². The number of hydrogen-bond acceptors (Lipinski definition) is 2. The van der Waals surface area contributed by atoms with Crippen LogP contribution in [0.5, 0.6) is 0 Å². The Labute approximate surface area is 91.4 Å². The SMILES string of the molecule is FC(F)(F)c1ccccc1NC1CCOC1. The van der Waals surface area contributed by atoms with Crippen LogP contribution in [0.15, 0.2) is 24.3 Å². The molecule has 5 heteroatoms. The molecule has 0 aromatic heterocycles. The Balaban J connectivity index is 2.19. The van der Waals surface area contributed by atoms with E-state index in [1.54, 1.807) is 6.07 Å². The van der Waals surface area contributed by atoms with Crippen LogP contribution in [0.2, 0.25) is 0 Å². The Morgan fingerprint density at radius 1 is 1.25 bits per heavy atom. The summed E-state index contributed by atoms with van der Waals surface area (Å²) in [6.45, 7) is 1.07. The van der Waals surface area contributed by atoms with E-state index >= 15 is 0 Å². The molecule has 1 aliphatic heterocycles. The zero-order valence-corrected chi connectivity index (χ0v) is 8.55. The summed E-state index contributed by atoms with van der Waals surface area (Å²) >= 11 is 0. The van der Waals surface area contributed by atoms with Crippen molar-refractivity contribution in [1.29, 1.82) is 0 Å². The fourth-order valence-corrected chi connectivity index (χ4v) is 1.72. The number of para-hydroxylation sites is 1. The Hall–Kier alpha value is -1.23. The highest BCUT2D eigenvalue weighted by Gasteiger charge is 2.33. The van der Waals surface area contributed by atoms with E-state index < -0.39 is 11.7 Å². The molecule has 0 radical (unpaired) electrons. The first-order chi connectivity index (χ1) is 7.57. The van der Waals surface area contributed by atoms with Gasteiger partial charge in [0.2, 0.25) is 0 Å². The van der Waals surface area contributed by atoms with Crippen molar-refractivity contribution in [3.05, 3.63) is 29.8 Å². The number of rotatable bonds is 2. The van der Waals surface area contributed by atoms with E-state index in [2.05, 4.69) is 5.32 Å². The van der Waals surface area contributed by atoms with Gasteiger partial charge in [-0.1, -0.05) is 12.1 Å². The molecular weight excluding hydrogens is 219 g/mol. The smallest absolute Gasteiger partial charge is 0.379 e. The summed E-state index contributed by atoms with van der Waals surface area (Å²) in [7, 11) is 0. The van der Waals surface area contributed by atoms with Gasteiger partial charge < -0.3 is 10.1 Å². The first-order valence-corrected chi connectivity index (χ1v) is 5.08.